The third kappa shape index (κ3) is 0.909. The van der Waals surface area contributed by atoms with Gasteiger partial charge in [0.2, 0.25) is 0 Å². The molecule has 56 valence electrons. The first kappa shape index (κ1) is 6.40. The van der Waals surface area contributed by atoms with E-state index < -0.39 is 0 Å². The molecule has 0 atom stereocenters. The van der Waals surface area contributed by atoms with Crippen molar-refractivity contribution in [3.8, 4) is 0 Å². The first-order valence-electron chi connectivity index (χ1n) is 3.70. The van der Waals surface area contributed by atoms with Gasteiger partial charge in [-0.05, 0) is 18.6 Å². The first-order valence-corrected chi connectivity index (χ1v) is 3.70. The maximum Gasteiger partial charge on any atom is 0.286 e. The molecule has 2 rings (SSSR count). The summed E-state index contributed by atoms with van der Waals surface area (Å²) >= 11 is 0. The van der Waals surface area contributed by atoms with E-state index in [1.165, 1.54) is 11.2 Å². The summed E-state index contributed by atoms with van der Waals surface area (Å²) in [6.45, 7) is 2.10. The van der Waals surface area contributed by atoms with E-state index in [1.807, 2.05) is 0 Å². The van der Waals surface area contributed by atoms with E-state index in [0.29, 0.717) is 0 Å². The molecular formula is C9H11N2+. The normalized spacial score (nSPS) is 10.7. The van der Waals surface area contributed by atoms with Gasteiger partial charge in [0.25, 0.3) is 5.65 Å². The predicted molar refractivity (Wildman–Crippen MR) is 43.3 cm³/mol. The third-order valence-corrected chi connectivity index (χ3v) is 1.93. The minimum atomic E-state index is 1.23. The molecule has 0 fully saturated rings. The second-order valence-electron chi connectivity index (χ2n) is 2.88. The molecule has 0 N–H and O–H groups in total. The number of nitrogens with zero attached hydrogens (tertiary/aromatic N) is 2. The Bertz CT molecular complexity index is 387. The maximum atomic E-state index is 2.17. The molecule has 2 heteroatoms. The lowest BCUT2D eigenvalue weighted by molar-refractivity contribution is -0.644. The van der Waals surface area contributed by atoms with Gasteiger partial charge in [-0.15, -0.1) is 0 Å². The molecule has 0 saturated heterocycles. The zero-order valence-corrected chi connectivity index (χ0v) is 6.78. The molecule has 0 amide bonds. The number of fused-ring (bicyclic) bond motifs is 1. The fraction of sp³-hybridized carbons (Fsp3) is 0.222. The lowest BCUT2D eigenvalue weighted by Gasteiger charge is -1.89. The Hall–Kier alpha value is -1.31. The summed E-state index contributed by atoms with van der Waals surface area (Å²) in [5.41, 5.74) is 2.52. The van der Waals surface area contributed by atoms with Crippen LogP contribution in [-0.2, 0) is 7.05 Å². The Kier molecular flexibility index (Phi) is 1.22. The molecule has 2 heterocycles. The summed E-state index contributed by atoms with van der Waals surface area (Å²) in [5, 5.41) is 0. The van der Waals surface area contributed by atoms with E-state index >= 15 is 0 Å². The number of hydrogen-bond donors (Lipinski definition) is 0. The van der Waals surface area contributed by atoms with Crippen molar-refractivity contribution in [2.24, 2.45) is 7.05 Å². The number of pyridine rings is 1. The minimum absolute atomic E-state index is 1.23. The van der Waals surface area contributed by atoms with Gasteiger partial charge in [-0.2, -0.15) is 0 Å². The van der Waals surface area contributed by atoms with Gasteiger partial charge < -0.3 is 0 Å². The average Bonchev–Trinajstić information content (AvgIpc) is 2.33. The van der Waals surface area contributed by atoms with Crippen LogP contribution in [0.5, 0.6) is 0 Å². The molecule has 2 aromatic heterocycles. The highest BCUT2D eigenvalue weighted by Gasteiger charge is 2.03. The van der Waals surface area contributed by atoms with E-state index in [2.05, 4.69) is 53.7 Å². The highest BCUT2D eigenvalue weighted by Crippen LogP contribution is 2.01. The van der Waals surface area contributed by atoms with Gasteiger partial charge in [-0.25, -0.2) is 8.97 Å². The molecule has 0 spiro atoms. The summed E-state index contributed by atoms with van der Waals surface area (Å²) in [5.74, 6) is 0. The lowest BCUT2D eigenvalue weighted by atomic mass is 10.3. The molecule has 2 aromatic rings. The number of aromatic nitrogens is 2. The zero-order valence-electron chi connectivity index (χ0n) is 6.78. The third-order valence-electron chi connectivity index (χ3n) is 1.93. The molecule has 0 aliphatic carbocycles. The summed E-state index contributed by atoms with van der Waals surface area (Å²) in [4.78, 5) is 0. The van der Waals surface area contributed by atoms with Crippen LogP contribution in [0.3, 0.4) is 0 Å². The van der Waals surface area contributed by atoms with E-state index in [-0.39, 0.29) is 0 Å². The van der Waals surface area contributed by atoms with Crippen molar-refractivity contribution in [3.63, 3.8) is 0 Å². The van der Waals surface area contributed by atoms with Gasteiger partial charge in [-0.1, -0.05) is 0 Å². The Balaban J connectivity index is 2.87. The molecular weight excluding hydrogens is 136 g/mol. The van der Waals surface area contributed by atoms with E-state index in [9.17, 15) is 0 Å². The minimum Gasteiger partial charge on any atom is -0.233 e. The maximum absolute atomic E-state index is 2.17. The van der Waals surface area contributed by atoms with Crippen LogP contribution in [0.4, 0.5) is 0 Å². The van der Waals surface area contributed by atoms with Crippen LogP contribution in [-0.4, -0.2) is 4.40 Å². The molecule has 2 nitrogen and oxygen atoms in total. The van der Waals surface area contributed by atoms with Crippen molar-refractivity contribution in [3.05, 3.63) is 36.3 Å². The quantitative estimate of drug-likeness (QED) is 0.493. The standard InChI is InChI=1S/C9H11N2/c1-8-3-4-11-6-5-10(2)9(11)7-8/h3-7H,1-2H3/q+1. The summed E-state index contributed by atoms with van der Waals surface area (Å²) in [6.07, 6.45) is 6.17. The van der Waals surface area contributed by atoms with Crippen molar-refractivity contribution in [1.82, 2.24) is 4.40 Å². The Labute approximate surface area is 65.7 Å². The zero-order chi connectivity index (χ0) is 7.84. The van der Waals surface area contributed by atoms with Crippen molar-refractivity contribution in [2.45, 2.75) is 6.92 Å². The molecule has 0 unspecified atom stereocenters. The molecule has 0 aliphatic heterocycles. The topological polar surface area (TPSA) is 8.29 Å². The van der Waals surface area contributed by atoms with Crippen LogP contribution >= 0.6 is 0 Å². The molecule has 0 radical (unpaired) electrons. The van der Waals surface area contributed by atoms with Crippen LogP contribution in [0.25, 0.3) is 5.65 Å². The van der Waals surface area contributed by atoms with Gasteiger partial charge >= 0.3 is 0 Å². The van der Waals surface area contributed by atoms with Crippen molar-refractivity contribution in [1.29, 1.82) is 0 Å². The highest BCUT2D eigenvalue weighted by molar-refractivity contribution is 5.35. The van der Waals surface area contributed by atoms with Crippen LogP contribution in [0.15, 0.2) is 30.7 Å². The van der Waals surface area contributed by atoms with Gasteiger partial charge in [0.05, 0.1) is 13.2 Å². The number of aryl methyl sites for hydroxylation is 2. The fourth-order valence-corrected chi connectivity index (χ4v) is 1.26. The largest absolute Gasteiger partial charge is 0.286 e. The van der Waals surface area contributed by atoms with E-state index in [4.69, 9.17) is 0 Å². The average molecular weight is 147 g/mol. The Morgan fingerprint density at radius 1 is 1.36 bits per heavy atom. The SMILES string of the molecule is Cc1ccn2cc[n+](C)c2c1. The first-order chi connectivity index (χ1) is 5.27. The van der Waals surface area contributed by atoms with Crippen molar-refractivity contribution in [2.75, 3.05) is 0 Å². The highest BCUT2D eigenvalue weighted by atomic mass is 15.1. The predicted octanol–water partition coefficient (Wildman–Crippen LogP) is 1.07. The molecule has 0 bridgehead atoms. The van der Waals surface area contributed by atoms with Crippen LogP contribution in [0.1, 0.15) is 5.56 Å². The van der Waals surface area contributed by atoms with Crippen LogP contribution < -0.4 is 4.57 Å². The van der Waals surface area contributed by atoms with Gasteiger partial charge in [-0.3, -0.25) is 0 Å². The van der Waals surface area contributed by atoms with Gasteiger partial charge in [0.15, 0.2) is 0 Å². The molecule has 0 aliphatic rings. The summed E-state index contributed by atoms with van der Waals surface area (Å²) in [7, 11) is 2.05. The van der Waals surface area contributed by atoms with E-state index in [0.717, 1.165) is 0 Å². The van der Waals surface area contributed by atoms with Crippen molar-refractivity contribution >= 4 is 5.65 Å². The summed E-state index contributed by atoms with van der Waals surface area (Å²) in [6, 6.07) is 4.27. The number of hydrogen-bond acceptors (Lipinski definition) is 0. The van der Waals surface area contributed by atoms with Gasteiger partial charge in [0.1, 0.15) is 12.4 Å². The Morgan fingerprint density at radius 2 is 2.18 bits per heavy atom. The fourth-order valence-electron chi connectivity index (χ4n) is 1.26. The van der Waals surface area contributed by atoms with Gasteiger partial charge in [0, 0.05) is 6.07 Å². The molecule has 0 aromatic carbocycles. The van der Waals surface area contributed by atoms with Crippen molar-refractivity contribution < 1.29 is 4.57 Å². The molecule has 0 saturated carbocycles. The summed E-state index contributed by atoms with van der Waals surface area (Å²) < 4.78 is 4.21. The Morgan fingerprint density at radius 3 is 3.00 bits per heavy atom. The monoisotopic (exact) mass is 147 g/mol. The lowest BCUT2D eigenvalue weighted by Crippen LogP contribution is -2.25. The number of rotatable bonds is 0. The van der Waals surface area contributed by atoms with Crippen LogP contribution in [0.2, 0.25) is 0 Å². The second kappa shape index (κ2) is 2.09. The molecule has 11 heavy (non-hydrogen) atoms. The van der Waals surface area contributed by atoms with E-state index in [1.54, 1.807) is 0 Å². The second-order valence-corrected chi connectivity index (χ2v) is 2.88. The van der Waals surface area contributed by atoms with Crippen LogP contribution in [0, 0.1) is 6.92 Å². The number of imidazole rings is 1. The smallest absolute Gasteiger partial charge is 0.233 e.